The Bertz CT molecular complexity index is 480. The molecule has 0 radical (unpaired) electrons. The molecule has 4 nitrogen and oxygen atoms in total. The number of hydrogen-bond acceptors (Lipinski definition) is 4. The maximum Gasteiger partial charge on any atom is 0.252 e. The Morgan fingerprint density at radius 3 is 2.85 bits per heavy atom. The molecule has 1 aliphatic carbocycles. The molecule has 1 heterocycles. The molecule has 0 aliphatic heterocycles. The Kier molecular flexibility index (Phi) is 4.83. The maximum atomic E-state index is 12.3. The van der Waals surface area contributed by atoms with E-state index in [9.17, 15) is 9.90 Å². The van der Waals surface area contributed by atoms with Gasteiger partial charge in [0.1, 0.15) is 0 Å². The van der Waals surface area contributed by atoms with Crippen LogP contribution in [0, 0.1) is 0 Å². The van der Waals surface area contributed by atoms with E-state index in [2.05, 4.69) is 5.32 Å². The SMILES string of the molecule is CN(C)CC(C)(O)CNC(=O)c1csc2c1CCCC2. The molecule has 112 valence electrons. The van der Waals surface area contributed by atoms with Crippen LogP contribution in [0.1, 0.15) is 40.6 Å². The van der Waals surface area contributed by atoms with Crippen molar-refractivity contribution in [2.45, 2.75) is 38.2 Å². The molecule has 5 heteroatoms. The normalized spacial score (nSPS) is 17.6. The molecule has 0 bridgehead atoms. The summed E-state index contributed by atoms with van der Waals surface area (Å²) in [5.74, 6) is -0.0524. The fraction of sp³-hybridized carbons (Fsp3) is 0.667. The van der Waals surface area contributed by atoms with E-state index in [1.165, 1.54) is 23.3 Å². The summed E-state index contributed by atoms with van der Waals surface area (Å²) in [4.78, 5) is 15.6. The average Bonchev–Trinajstić information content (AvgIpc) is 2.78. The van der Waals surface area contributed by atoms with Crippen molar-refractivity contribution >= 4 is 17.2 Å². The highest BCUT2D eigenvalue weighted by Crippen LogP contribution is 2.30. The van der Waals surface area contributed by atoms with Gasteiger partial charge in [-0.05, 0) is 52.3 Å². The maximum absolute atomic E-state index is 12.3. The number of nitrogens with zero attached hydrogens (tertiary/aromatic N) is 1. The molecular formula is C15H24N2O2S. The largest absolute Gasteiger partial charge is 0.387 e. The summed E-state index contributed by atoms with van der Waals surface area (Å²) in [6.07, 6.45) is 4.51. The van der Waals surface area contributed by atoms with E-state index < -0.39 is 5.60 Å². The molecule has 1 aromatic heterocycles. The van der Waals surface area contributed by atoms with Crippen LogP contribution >= 0.6 is 11.3 Å². The van der Waals surface area contributed by atoms with Gasteiger partial charge in [-0.3, -0.25) is 4.79 Å². The minimum absolute atomic E-state index is 0.0524. The second-order valence-electron chi connectivity index (χ2n) is 6.18. The van der Waals surface area contributed by atoms with Gasteiger partial charge in [-0.15, -0.1) is 11.3 Å². The van der Waals surface area contributed by atoms with Crippen LogP contribution in [0.2, 0.25) is 0 Å². The number of aryl methyl sites for hydroxylation is 1. The van der Waals surface area contributed by atoms with E-state index >= 15 is 0 Å². The summed E-state index contributed by atoms with van der Waals surface area (Å²) in [5.41, 5.74) is 1.13. The number of amides is 1. The van der Waals surface area contributed by atoms with Crippen molar-refractivity contribution in [3.8, 4) is 0 Å². The van der Waals surface area contributed by atoms with Gasteiger partial charge in [0.15, 0.2) is 0 Å². The van der Waals surface area contributed by atoms with Crippen LogP contribution in [0.3, 0.4) is 0 Å². The first-order chi connectivity index (χ1) is 9.39. The first-order valence-corrected chi connectivity index (χ1v) is 8.01. The summed E-state index contributed by atoms with van der Waals surface area (Å²) < 4.78 is 0. The Morgan fingerprint density at radius 2 is 2.15 bits per heavy atom. The van der Waals surface area contributed by atoms with Crippen LogP contribution in [0.5, 0.6) is 0 Å². The summed E-state index contributed by atoms with van der Waals surface area (Å²) in [6.45, 7) is 2.54. The van der Waals surface area contributed by atoms with Crippen molar-refractivity contribution in [3.05, 3.63) is 21.4 Å². The second kappa shape index (κ2) is 6.24. The van der Waals surface area contributed by atoms with E-state index in [-0.39, 0.29) is 12.5 Å². The van der Waals surface area contributed by atoms with Gasteiger partial charge in [-0.25, -0.2) is 0 Å². The van der Waals surface area contributed by atoms with Gasteiger partial charge in [-0.1, -0.05) is 0 Å². The van der Waals surface area contributed by atoms with E-state index in [4.69, 9.17) is 0 Å². The zero-order chi connectivity index (χ0) is 14.8. The van der Waals surface area contributed by atoms with Gasteiger partial charge in [0, 0.05) is 23.3 Å². The number of rotatable bonds is 5. The van der Waals surface area contributed by atoms with E-state index in [1.54, 1.807) is 18.3 Å². The first-order valence-electron chi connectivity index (χ1n) is 7.13. The summed E-state index contributed by atoms with van der Waals surface area (Å²) in [5, 5.41) is 15.1. The highest BCUT2D eigenvalue weighted by molar-refractivity contribution is 7.10. The Balaban J connectivity index is 1.97. The number of nitrogens with one attached hydrogen (secondary N) is 1. The van der Waals surface area contributed by atoms with Crippen molar-refractivity contribution < 1.29 is 9.90 Å². The quantitative estimate of drug-likeness (QED) is 0.869. The number of aliphatic hydroxyl groups is 1. The van der Waals surface area contributed by atoms with Crippen LogP contribution in [-0.2, 0) is 12.8 Å². The molecule has 0 fully saturated rings. The lowest BCUT2D eigenvalue weighted by atomic mass is 9.95. The minimum Gasteiger partial charge on any atom is -0.387 e. The summed E-state index contributed by atoms with van der Waals surface area (Å²) >= 11 is 1.69. The Labute approximate surface area is 124 Å². The fourth-order valence-corrected chi connectivity index (χ4v) is 3.91. The molecule has 0 saturated heterocycles. The highest BCUT2D eigenvalue weighted by Gasteiger charge is 2.24. The third kappa shape index (κ3) is 3.81. The number of hydrogen-bond donors (Lipinski definition) is 2. The van der Waals surface area contributed by atoms with E-state index in [1.807, 2.05) is 24.4 Å². The molecular weight excluding hydrogens is 272 g/mol. The molecule has 0 spiro atoms. The summed E-state index contributed by atoms with van der Waals surface area (Å²) in [7, 11) is 3.82. The average molecular weight is 296 g/mol. The number of fused-ring (bicyclic) bond motifs is 1. The van der Waals surface area contributed by atoms with Crippen LogP contribution in [0.15, 0.2) is 5.38 Å². The van der Waals surface area contributed by atoms with Gasteiger partial charge < -0.3 is 15.3 Å². The lowest BCUT2D eigenvalue weighted by molar-refractivity contribution is 0.0326. The molecule has 1 unspecified atom stereocenters. The molecule has 1 aromatic rings. The van der Waals surface area contributed by atoms with Crippen molar-refractivity contribution in [2.24, 2.45) is 0 Å². The summed E-state index contributed by atoms with van der Waals surface area (Å²) in [6, 6.07) is 0. The molecule has 1 amide bonds. The zero-order valence-electron chi connectivity index (χ0n) is 12.5. The van der Waals surface area contributed by atoms with Gasteiger partial charge in [-0.2, -0.15) is 0 Å². The molecule has 20 heavy (non-hydrogen) atoms. The molecule has 1 aliphatic rings. The van der Waals surface area contributed by atoms with Crippen molar-refractivity contribution in [1.82, 2.24) is 10.2 Å². The number of carbonyl (C=O) groups is 1. The molecule has 0 saturated carbocycles. The van der Waals surface area contributed by atoms with Crippen LogP contribution in [0.4, 0.5) is 0 Å². The second-order valence-corrected chi connectivity index (χ2v) is 7.14. The Morgan fingerprint density at radius 1 is 1.45 bits per heavy atom. The monoisotopic (exact) mass is 296 g/mol. The number of carbonyl (C=O) groups excluding carboxylic acids is 1. The predicted molar refractivity (Wildman–Crippen MR) is 82.5 cm³/mol. The highest BCUT2D eigenvalue weighted by atomic mass is 32.1. The van der Waals surface area contributed by atoms with Crippen LogP contribution in [-0.4, -0.2) is 48.7 Å². The van der Waals surface area contributed by atoms with Crippen molar-refractivity contribution in [3.63, 3.8) is 0 Å². The topological polar surface area (TPSA) is 52.6 Å². The lowest BCUT2D eigenvalue weighted by Gasteiger charge is -2.27. The first kappa shape index (κ1) is 15.5. The molecule has 2 rings (SSSR count). The lowest BCUT2D eigenvalue weighted by Crippen LogP contribution is -2.47. The molecule has 0 aromatic carbocycles. The number of thiophene rings is 1. The van der Waals surface area contributed by atoms with E-state index in [0.29, 0.717) is 6.54 Å². The molecule has 1 atom stereocenters. The van der Waals surface area contributed by atoms with Crippen LogP contribution in [0.25, 0.3) is 0 Å². The predicted octanol–water partition coefficient (Wildman–Crippen LogP) is 1.67. The van der Waals surface area contributed by atoms with E-state index in [0.717, 1.165) is 18.4 Å². The Hall–Kier alpha value is -0.910. The minimum atomic E-state index is -0.907. The van der Waals surface area contributed by atoms with Crippen molar-refractivity contribution in [1.29, 1.82) is 0 Å². The third-order valence-corrected chi connectivity index (χ3v) is 4.68. The fourth-order valence-electron chi connectivity index (χ4n) is 2.79. The zero-order valence-corrected chi connectivity index (χ0v) is 13.3. The van der Waals surface area contributed by atoms with Gasteiger partial charge in [0.25, 0.3) is 5.91 Å². The number of likely N-dealkylation sites (N-methyl/N-ethyl adjacent to an activating group) is 1. The third-order valence-electron chi connectivity index (χ3n) is 3.59. The van der Waals surface area contributed by atoms with Crippen molar-refractivity contribution in [2.75, 3.05) is 27.2 Å². The van der Waals surface area contributed by atoms with Gasteiger partial charge >= 0.3 is 0 Å². The molecule has 2 N–H and O–H groups in total. The van der Waals surface area contributed by atoms with Crippen LogP contribution < -0.4 is 5.32 Å². The smallest absolute Gasteiger partial charge is 0.252 e. The standard InChI is InChI=1S/C15H24N2O2S/c1-15(19,10-17(2)3)9-16-14(18)12-8-20-13-7-5-4-6-11(12)13/h8,19H,4-7,9-10H2,1-3H3,(H,16,18). The van der Waals surface area contributed by atoms with Gasteiger partial charge in [0.05, 0.1) is 11.2 Å². The van der Waals surface area contributed by atoms with Gasteiger partial charge in [0.2, 0.25) is 0 Å².